The molecule has 1 N–H and O–H groups in total. The number of pyridine rings is 1. The van der Waals surface area contributed by atoms with Gasteiger partial charge in [-0.1, -0.05) is 47.9 Å². The third kappa shape index (κ3) is 4.64. The summed E-state index contributed by atoms with van der Waals surface area (Å²) in [5.74, 6) is 1.04. The van der Waals surface area contributed by atoms with E-state index in [1.807, 2.05) is 18.2 Å². The summed E-state index contributed by atoms with van der Waals surface area (Å²) < 4.78 is 25.1. The molecule has 32 heavy (non-hydrogen) atoms. The maximum atomic E-state index is 14.3. The highest BCUT2D eigenvalue weighted by Gasteiger charge is 2.16. The molecule has 6 nitrogen and oxygen atoms in total. The first-order valence-electron chi connectivity index (χ1n) is 10.2. The van der Waals surface area contributed by atoms with Gasteiger partial charge >= 0.3 is 0 Å². The van der Waals surface area contributed by atoms with Gasteiger partial charge in [-0.3, -0.25) is 0 Å². The highest BCUT2D eigenvalue weighted by atomic mass is 35.5. The van der Waals surface area contributed by atoms with Gasteiger partial charge < -0.3 is 14.6 Å². The SMILES string of the molecule is CCCNc1ncc(-c2noc(-c3ccc(-c4ccccc4F)c(COC)c3)n2)cc1Cl. The van der Waals surface area contributed by atoms with Crippen molar-refractivity contribution in [1.29, 1.82) is 0 Å². The van der Waals surface area contributed by atoms with Crippen molar-refractivity contribution in [3.63, 3.8) is 0 Å². The third-order valence-electron chi connectivity index (χ3n) is 4.88. The molecule has 0 aliphatic heterocycles. The summed E-state index contributed by atoms with van der Waals surface area (Å²) in [7, 11) is 1.60. The fraction of sp³-hybridized carbons (Fsp3) is 0.208. The van der Waals surface area contributed by atoms with Crippen molar-refractivity contribution < 1.29 is 13.7 Å². The predicted molar refractivity (Wildman–Crippen MR) is 123 cm³/mol. The molecule has 0 atom stereocenters. The molecule has 2 heterocycles. The topological polar surface area (TPSA) is 73.1 Å². The molecule has 0 saturated heterocycles. The quantitative estimate of drug-likeness (QED) is 0.342. The van der Waals surface area contributed by atoms with Gasteiger partial charge in [0.05, 0.1) is 11.6 Å². The third-order valence-corrected chi connectivity index (χ3v) is 5.17. The molecule has 4 aromatic rings. The standard InChI is InChI=1S/C24H22ClFN4O2/c1-3-10-27-23-20(25)12-16(13-28-23)22-29-24(32-30-22)15-8-9-18(17(11-15)14-31-2)19-6-4-5-7-21(19)26/h4-9,11-13H,3,10,14H2,1-2H3,(H,27,28). The van der Waals surface area contributed by atoms with Crippen LogP contribution < -0.4 is 5.32 Å². The van der Waals surface area contributed by atoms with Crippen molar-refractivity contribution >= 4 is 17.4 Å². The van der Waals surface area contributed by atoms with Crippen LogP contribution in [0.1, 0.15) is 18.9 Å². The van der Waals surface area contributed by atoms with Crippen LogP contribution in [0.15, 0.2) is 59.3 Å². The number of hydrogen-bond donors (Lipinski definition) is 1. The molecule has 0 radical (unpaired) electrons. The minimum atomic E-state index is -0.293. The fourth-order valence-electron chi connectivity index (χ4n) is 3.34. The maximum absolute atomic E-state index is 14.3. The summed E-state index contributed by atoms with van der Waals surface area (Å²) in [6.45, 7) is 3.16. The molecule has 0 aliphatic carbocycles. The number of aromatic nitrogens is 3. The van der Waals surface area contributed by atoms with Crippen molar-refractivity contribution in [1.82, 2.24) is 15.1 Å². The maximum Gasteiger partial charge on any atom is 0.258 e. The zero-order chi connectivity index (χ0) is 22.5. The Morgan fingerprint density at radius 3 is 2.69 bits per heavy atom. The van der Waals surface area contributed by atoms with E-state index >= 15 is 0 Å². The lowest BCUT2D eigenvalue weighted by atomic mass is 9.97. The number of hydrogen-bond acceptors (Lipinski definition) is 6. The van der Waals surface area contributed by atoms with Crippen LogP contribution in [0.5, 0.6) is 0 Å². The Kier molecular flexibility index (Phi) is 6.78. The summed E-state index contributed by atoms with van der Waals surface area (Å²) >= 11 is 6.33. The Labute approximate surface area is 190 Å². The number of rotatable bonds is 8. The Morgan fingerprint density at radius 2 is 1.94 bits per heavy atom. The Morgan fingerprint density at radius 1 is 1.09 bits per heavy atom. The summed E-state index contributed by atoms with van der Waals surface area (Å²) in [6.07, 6.45) is 2.62. The second-order valence-corrected chi connectivity index (χ2v) is 7.60. The second-order valence-electron chi connectivity index (χ2n) is 7.19. The number of benzene rings is 2. The zero-order valence-electron chi connectivity index (χ0n) is 17.7. The van der Waals surface area contributed by atoms with Crippen LogP contribution in [-0.4, -0.2) is 28.8 Å². The smallest absolute Gasteiger partial charge is 0.258 e. The van der Waals surface area contributed by atoms with Gasteiger partial charge in [-0.2, -0.15) is 4.98 Å². The number of halogens is 2. The lowest BCUT2D eigenvalue weighted by molar-refractivity contribution is 0.185. The highest BCUT2D eigenvalue weighted by Crippen LogP contribution is 2.32. The van der Waals surface area contributed by atoms with E-state index < -0.39 is 0 Å². The van der Waals surface area contributed by atoms with Gasteiger partial charge in [0.2, 0.25) is 5.82 Å². The first kappa shape index (κ1) is 21.9. The monoisotopic (exact) mass is 452 g/mol. The van der Waals surface area contributed by atoms with Gasteiger partial charge in [-0.25, -0.2) is 9.37 Å². The van der Waals surface area contributed by atoms with Crippen LogP contribution in [0.2, 0.25) is 5.02 Å². The number of ether oxygens (including phenoxy) is 1. The van der Waals surface area contributed by atoms with Crippen LogP contribution in [-0.2, 0) is 11.3 Å². The molecular weight excluding hydrogens is 431 g/mol. The van der Waals surface area contributed by atoms with Crippen LogP contribution in [0.4, 0.5) is 10.2 Å². The minimum Gasteiger partial charge on any atom is -0.380 e. The van der Waals surface area contributed by atoms with E-state index in [-0.39, 0.29) is 5.82 Å². The largest absolute Gasteiger partial charge is 0.380 e. The Balaban J connectivity index is 1.65. The van der Waals surface area contributed by atoms with Crippen LogP contribution in [0.3, 0.4) is 0 Å². The van der Waals surface area contributed by atoms with E-state index in [0.717, 1.165) is 24.1 Å². The number of nitrogens with one attached hydrogen (secondary N) is 1. The first-order valence-corrected chi connectivity index (χ1v) is 10.6. The molecule has 0 aliphatic rings. The van der Waals surface area contributed by atoms with Crippen molar-refractivity contribution in [2.24, 2.45) is 0 Å². The number of anilines is 1. The average Bonchev–Trinajstić information content (AvgIpc) is 3.29. The number of methoxy groups -OCH3 is 1. The Bertz CT molecular complexity index is 1230. The van der Waals surface area contributed by atoms with Crippen molar-refractivity contribution in [2.75, 3.05) is 19.0 Å². The van der Waals surface area contributed by atoms with Gasteiger partial charge in [0.25, 0.3) is 5.89 Å². The molecule has 2 aromatic carbocycles. The van der Waals surface area contributed by atoms with Gasteiger partial charge in [0.1, 0.15) is 11.6 Å². The van der Waals surface area contributed by atoms with Gasteiger partial charge in [-0.15, -0.1) is 0 Å². The molecule has 0 bridgehead atoms. The van der Waals surface area contributed by atoms with E-state index in [4.69, 9.17) is 20.9 Å². The normalized spacial score (nSPS) is 11.0. The van der Waals surface area contributed by atoms with E-state index in [0.29, 0.717) is 45.9 Å². The zero-order valence-corrected chi connectivity index (χ0v) is 18.5. The molecule has 0 spiro atoms. The van der Waals surface area contributed by atoms with Crippen molar-refractivity contribution in [3.05, 3.63) is 71.1 Å². The molecule has 164 valence electrons. The van der Waals surface area contributed by atoms with Crippen molar-refractivity contribution in [2.45, 2.75) is 20.0 Å². The average molecular weight is 453 g/mol. The van der Waals surface area contributed by atoms with E-state index in [1.54, 1.807) is 37.6 Å². The molecule has 0 fully saturated rings. The lowest BCUT2D eigenvalue weighted by Gasteiger charge is -2.11. The second kappa shape index (κ2) is 9.89. The Hall–Kier alpha value is -3.29. The van der Waals surface area contributed by atoms with Gasteiger partial charge in [-0.05, 0) is 41.8 Å². The summed E-state index contributed by atoms with van der Waals surface area (Å²) in [6, 6.07) is 13.9. The molecule has 8 heteroatoms. The highest BCUT2D eigenvalue weighted by molar-refractivity contribution is 6.33. The lowest BCUT2D eigenvalue weighted by Crippen LogP contribution is -2.02. The molecular formula is C24H22ClFN4O2. The summed E-state index contributed by atoms with van der Waals surface area (Å²) in [5.41, 5.74) is 3.42. The number of nitrogens with zero attached hydrogens (tertiary/aromatic N) is 3. The van der Waals surface area contributed by atoms with E-state index in [1.165, 1.54) is 6.07 Å². The van der Waals surface area contributed by atoms with Gasteiger partial charge in [0, 0.05) is 36.5 Å². The van der Waals surface area contributed by atoms with E-state index in [9.17, 15) is 4.39 Å². The van der Waals surface area contributed by atoms with Crippen molar-refractivity contribution in [3.8, 4) is 34.0 Å². The summed E-state index contributed by atoms with van der Waals surface area (Å²) in [5, 5.41) is 7.72. The predicted octanol–water partition coefficient (Wildman–Crippen LogP) is 6.23. The van der Waals surface area contributed by atoms with Crippen LogP contribution in [0, 0.1) is 5.82 Å². The molecule has 0 unspecified atom stereocenters. The van der Waals surface area contributed by atoms with Crippen LogP contribution in [0.25, 0.3) is 34.0 Å². The molecule has 0 saturated carbocycles. The fourth-order valence-corrected chi connectivity index (χ4v) is 3.57. The van der Waals surface area contributed by atoms with E-state index in [2.05, 4.69) is 27.4 Å². The van der Waals surface area contributed by atoms with Gasteiger partial charge in [0.15, 0.2) is 0 Å². The summed E-state index contributed by atoms with van der Waals surface area (Å²) in [4.78, 5) is 8.84. The minimum absolute atomic E-state index is 0.293. The molecule has 4 rings (SSSR count). The molecule has 0 amide bonds. The van der Waals surface area contributed by atoms with Crippen LogP contribution >= 0.6 is 11.6 Å². The molecule has 2 aromatic heterocycles. The first-order chi connectivity index (χ1) is 15.6.